The van der Waals surface area contributed by atoms with Crippen molar-refractivity contribution in [2.75, 3.05) is 19.8 Å². The summed E-state index contributed by atoms with van der Waals surface area (Å²) in [5, 5.41) is 12.4. The normalized spacial score (nSPS) is 17.2. The summed E-state index contributed by atoms with van der Waals surface area (Å²) in [4.78, 5) is 11.1. The number of hydrogen-bond acceptors (Lipinski definition) is 3. The molecular weight excluding hydrogens is 298 g/mol. The van der Waals surface area contributed by atoms with Gasteiger partial charge in [-0.1, -0.05) is 22.0 Å². The summed E-state index contributed by atoms with van der Waals surface area (Å²) in [7, 11) is 0. The van der Waals surface area contributed by atoms with Gasteiger partial charge in [0.15, 0.2) is 0 Å². The summed E-state index contributed by atoms with van der Waals surface area (Å²) in [6.07, 6.45) is 0. The van der Waals surface area contributed by atoms with E-state index in [-0.39, 0.29) is 0 Å². The van der Waals surface area contributed by atoms with E-state index in [0.29, 0.717) is 26.3 Å². The van der Waals surface area contributed by atoms with Gasteiger partial charge in [0.1, 0.15) is 5.41 Å². The summed E-state index contributed by atoms with van der Waals surface area (Å²) in [6, 6.07) is 6.09. The first-order valence-electron chi connectivity index (χ1n) is 5.80. The van der Waals surface area contributed by atoms with Crippen LogP contribution >= 0.6 is 15.9 Å². The Hall–Kier alpha value is -0.910. The molecule has 0 unspecified atom stereocenters. The first-order valence-corrected chi connectivity index (χ1v) is 6.60. The molecule has 1 aliphatic heterocycles. The van der Waals surface area contributed by atoms with Gasteiger partial charge in [-0.2, -0.15) is 0 Å². The van der Waals surface area contributed by atoms with E-state index in [4.69, 9.17) is 9.84 Å². The molecule has 1 aliphatic rings. The Morgan fingerprint density at radius 1 is 1.56 bits per heavy atom. The van der Waals surface area contributed by atoms with Gasteiger partial charge >= 0.3 is 5.97 Å². The van der Waals surface area contributed by atoms with Gasteiger partial charge in [0.25, 0.3) is 0 Å². The van der Waals surface area contributed by atoms with Gasteiger partial charge in [-0.25, -0.2) is 0 Å². The van der Waals surface area contributed by atoms with Crippen molar-refractivity contribution in [2.45, 2.75) is 13.5 Å². The van der Waals surface area contributed by atoms with E-state index in [1.165, 1.54) is 11.1 Å². The molecule has 4 nitrogen and oxygen atoms in total. The van der Waals surface area contributed by atoms with Crippen LogP contribution in [0.2, 0.25) is 0 Å². The smallest absolute Gasteiger partial charge is 0.315 e. The number of aliphatic carboxylic acids is 1. The van der Waals surface area contributed by atoms with E-state index < -0.39 is 11.4 Å². The second kappa shape index (κ2) is 5.38. The Labute approximate surface area is 114 Å². The molecule has 0 atom stereocenters. The Bertz CT molecular complexity index is 458. The van der Waals surface area contributed by atoms with Crippen molar-refractivity contribution < 1.29 is 14.6 Å². The lowest BCUT2D eigenvalue weighted by molar-refractivity contribution is -0.178. The average molecular weight is 314 g/mol. The van der Waals surface area contributed by atoms with E-state index in [1.807, 2.05) is 25.1 Å². The fourth-order valence-electron chi connectivity index (χ4n) is 1.92. The molecule has 0 aliphatic carbocycles. The predicted molar refractivity (Wildman–Crippen MR) is 71.5 cm³/mol. The fraction of sp³-hybridized carbons (Fsp3) is 0.462. The summed E-state index contributed by atoms with van der Waals surface area (Å²) < 4.78 is 6.05. The molecule has 2 rings (SSSR count). The van der Waals surface area contributed by atoms with Crippen molar-refractivity contribution in [3.63, 3.8) is 0 Å². The van der Waals surface area contributed by atoms with Gasteiger partial charge in [0.05, 0.1) is 13.2 Å². The summed E-state index contributed by atoms with van der Waals surface area (Å²) in [5.41, 5.74) is 1.63. The van der Waals surface area contributed by atoms with Crippen LogP contribution in [-0.4, -0.2) is 30.8 Å². The number of aryl methyl sites for hydroxylation is 1. The predicted octanol–water partition coefficient (Wildman–Crippen LogP) is 1.95. The van der Waals surface area contributed by atoms with Crippen molar-refractivity contribution in [2.24, 2.45) is 5.41 Å². The number of rotatable bonds is 5. The zero-order chi connectivity index (χ0) is 13.2. The maximum absolute atomic E-state index is 11.1. The first kappa shape index (κ1) is 13.5. The third kappa shape index (κ3) is 2.74. The first-order chi connectivity index (χ1) is 8.53. The second-order valence-corrected chi connectivity index (χ2v) is 5.67. The van der Waals surface area contributed by atoms with E-state index in [1.54, 1.807) is 0 Å². The third-order valence-electron chi connectivity index (χ3n) is 3.30. The van der Waals surface area contributed by atoms with E-state index in [2.05, 4.69) is 21.2 Å². The zero-order valence-corrected chi connectivity index (χ0v) is 11.8. The number of carboxylic acid groups (broad SMARTS) is 1. The number of carbonyl (C=O) groups is 1. The molecule has 1 fully saturated rings. The maximum Gasteiger partial charge on any atom is 0.315 e. The van der Waals surface area contributed by atoms with Crippen molar-refractivity contribution in [1.29, 1.82) is 0 Å². The maximum atomic E-state index is 11.1. The molecule has 0 amide bonds. The van der Waals surface area contributed by atoms with Gasteiger partial charge in [0.2, 0.25) is 0 Å². The summed E-state index contributed by atoms with van der Waals surface area (Å²) in [5.74, 6) is -0.785. The van der Waals surface area contributed by atoms with Crippen molar-refractivity contribution in [1.82, 2.24) is 5.32 Å². The molecule has 5 heteroatoms. The Morgan fingerprint density at radius 3 is 2.83 bits per heavy atom. The lowest BCUT2D eigenvalue weighted by Gasteiger charge is -2.37. The Balaban J connectivity index is 1.92. The van der Waals surface area contributed by atoms with Crippen LogP contribution in [0.15, 0.2) is 22.7 Å². The SMILES string of the molecule is Cc1ccc(Br)cc1CNCC1(C(=O)O)COC1. The Morgan fingerprint density at radius 2 is 2.28 bits per heavy atom. The summed E-state index contributed by atoms with van der Waals surface area (Å²) in [6.45, 7) is 3.75. The van der Waals surface area contributed by atoms with Crippen LogP contribution in [-0.2, 0) is 16.1 Å². The highest BCUT2D eigenvalue weighted by atomic mass is 79.9. The molecule has 1 heterocycles. The van der Waals surface area contributed by atoms with Gasteiger partial charge in [-0.05, 0) is 30.2 Å². The highest BCUT2D eigenvalue weighted by Gasteiger charge is 2.45. The number of ether oxygens (including phenoxy) is 1. The standard InChI is InChI=1S/C13H16BrNO3/c1-9-2-3-11(14)4-10(9)5-15-6-13(12(16)17)7-18-8-13/h2-4,15H,5-8H2,1H3,(H,16,17). The molecule has 18 heavy (non-hydrogen) atoms. The average Bonchev–Trinajstić information content (AvgIpc) is 2.26. The van der Waals surface area contributed by atoms with Crippen molar-refractivity contribution in [3.05, 3.63) is 33.8 Å². The summed E-state index contributed by atoms with van der Waals surface area (Å²) >= 11 is 3.43. The highest BCUT2D eigenvalue weighted by Crippen LogP contribution is 2.27. The molecule has 0 bridgehead atoms. The third-order valence-corrected chi connectivity index (χ3v) is 3.79. The molecule has 0 radical (unpaired) electrons. The molecule has 1 aromatic carbocycles. The molecule has 2 N–H and O–H groups in total. The van der Waals surface area contributed by atoms with Crippen LogP contribution in [0, 0.1) is 12.3 Å². The van der Waals surface area contributed by atoms with Gasteiger partial charge < -0.3 is 15.2 Å². The van der Waals surface area contributed by atoms with E-state index >= 15 is 0 Å². The minimum atomic E-state index is -0.785. The zero-order valence-electron chi connectivity index (χ0n) is 10.2. The van der Waals surface area contributed by atoms with E-state index in [0.717, 1.165) is 4.47 Å². The number of nitrogens with one attached hydrogen (secondary N) is 1. The molecule has 1 aromatic rings. The van der Waals surface area contributed by atoms with Gasteiger partial charge in [-0.15, -0.1) is 0 Å². The van der Waals surface area contributed by atoms with Gasteiger partial charge in [0, 0.05) is 17.6 Å². The molecule has 0 saturated carbocycles. The van der Waals surface area contributed by atoms with Crippen LogP contribution in [0.3, 0.4) is 0 Å². The fourth-order valence-corrected chi connectivity index (χ4v) is 2.33. The lowest BCUT2D eigenvalue weighted by atomic mass is 9.86. The van der Waals surface area contributed by atoms with Gasteiger partial charge in [-0.3, -0.25) is 4.79 Å². The quantitative estimate of drug-likeness (QED) is 0.872. The van der Waals surface area contributed by atoms with Crippen molar-refractivity contribution in [3.8, 4) is 0 Å². The van der Waals surface area contributed by atoms with Crippen LogP contribution in [0.25, 0.3) is 0 Å². The van der Waals surface area contributed by atoms with Crippen molar-refractivity contribution >= 4 is 21.9 Å². The Kier molecular flexibility index (Phi) is 4.04. The molecular formula is C13H16BrNO3. The second-order valence-electron chi connectivity index (χ2n) is 4.75. The lowest BCUT2D eigenvalue weighted by Crippen LogP contribution is -2.55. The monoisotopic (exact) mass is 313 g/mol. The van der Waals surface area contributed by atoms with E-state index in [9.17, 15) is 4.79 Å². The highest BCUT2D eigenvalue weighted by molar-refractivity contribution is 9.10. The molecule has 0 aromatic heterocycles. The minimum Gasteiger partial charge on any atom is -0.481 e. The van der Waals surface area contributed by atoms with Crippen LogP contribution < -0.4 is 5.32 Å². The molecule has 0 spiro atoms. The number of benzene rings is 1. The minimum absolute atomic E-state index is 0.298. The van der Waals surface area contributed by atoms with Crippen LogP contribution in [0.5, 0.6) is 0 Å². The topological polar surface area (TPSA) is 58.6 Å². The number of hydrogen-bond donors (Lipinski definition) is 2. The molecule has 98 valence electrons. The number of halogens is 1. The number of carboxylic acids is 1. The largest absolute Gasteiger partial charge is 0.481 e. The van der Waals surface area contributed by atoms with Crippen LogP contribution in [0.4, 0.5) is 0 Å². The molecule has 1 saturated heterocycles. The van der Waals surface area contributed by atoms with Crippen LogP contribution in [0.1, 0.15) is 11.1 Å².